The summed E-state index contributed by atoms with van der Waals surface area (Å²) < 4.78 is 2.16. The van der Waals surface area contributed by atoms with Gasteiger partial charge in [-0.25, -0.2) is 0 Å². The van der Waals surface area contributed by atoms with Gasteiger partial charge in [0.15, 0.2) is 0 Å². The van der Waals surface area contributed by atoms with Gasteiger partial charge in [-0.2, -0.15) is 0 Å². The molecule has 6 heteroatoms. The van der Waals surface area contributed by atoms with Gasteiger partial charge in [0.1, 0.15) is 0 Å². The maximum absolute atomic E-state index is 12.8. The van der Waals surface area contributed by atoms with E-state index < -0.39 is 0 Å². The molecular weight excluding hydrogens is 456 g/mol. The monoisotopic (exact) mass is 488 g/mol. The number of carbonyl (C=O) groups excluding carboxylic acids is 1. The minimum absolute atomic E-state index is 0.00246. The van der Waals surface area contributed by atoms with E-state index in [9.17, 15) is 4.79 Å². The van der Waals surface area contributed by atoms with Crippen LogP contribution in [0, 0.1) is 6.92 Å². The van der Waals surface area contributed by atoms with Crippen LogP contribution in [0.25, 0.3) is 21.8 Å². The minimum Gasteiger partial charge on any atom is -0.369 e. The fourth-order valence-electron chi connectivity index (χ4n) is 5.22. The third-order valence-electron chi connectivity index (χ3n) is 7.32. The number of rotatable bonds is 7. The lowest BCUT2D eigenvalue weighted by atomic mass is 10.1. The first kappa shape index (κ1) is 23.7. The Hall–Kier alpha value is -3.02. The summed E-state index contributed by atoms with van der Waals surface area (Å²) in [5, 5.41) is 6.35. The number of hydrogen-bond donors (Lipinski definition) is 1. The molecular formula is C29H33ClN4O. The maximum Gasteiger partial charge on any atom is 0.251 e. The van der Waals surface area contributed by atoms with Crippen molar-refractivity contribution < 1.29 is 4.79 Å². The lowest BCUT2D eigenvalue weighted by Crippen LogP contribution is -2.46. The van der Waals surface area contributed by atoms with Gasteiger partial charge >= 0.3 is 0 Å². The van der Waals surface area contributed by atoms with E-state index in [1.165, 1.54) is 22.0 Å². The number of amides is 1. The molecule has 182 valence electrons. The largest absolute Gasteiger partial charge is 0.369 e. The number of nitrogens with zero attached hydrogens (tertiary/aromatic N) is 3. The molecule has 0 bridgehead atoms. The van der Waals surface area contributed by atoms with Crippen LogP contribution in [0.2, 0.25) is 5.02 Å². The Morgan fingerprint density at radius 3 is 2.51 bits per heavy atom. The standard InChI is InChI=1S/C29H33ClN4O/c1-21-25(30)9-7-11-26(21)34-18-16-33(17-19-34)15-6-5-14-31-29(35)22-12-13-24-23-8-3-4-10-27(23)32(2)28(24)20-22/h3-4,7-13,20H,5-6,14-19H2,1-2H3,(H,31,35). The Bertz CT molecular complexity index is 1350. The van der Waals surface area contributed by atoms with Gasteiger partial charge in [0.2, 0.25) is 0 Å². The lowest BCUT2D eigenvalue weighted by molar-refractivity contribution is 0.0952. The summed E-state index contributed by atoms with van der Waals surface area (Å²) in [6, 6.07) is 20.5. The molecule has 35 heavy (non-hydrogen) atoms. The number of nitrogens with one attached hydrogen (secondary N) is 1. The predicted octanol–water partition coefficient (Wildman–Crippen LogP) is 5.63. The van der Waals surface area contributed by atoms with Gasteiger partial charge < -0.3 is 14.8 Å². The molecule has 0 saturated carbocycles. The van der Waals surface area contributed by atoms with Crippen LogP contribution in [0.1, 0.15) is 28.8 Å². The Labute approximate surface area is 212 Å². The second-order valence-corrected chi connectivity index (χ2v) is 9.89. The van der Waals surface area contributed by atoms with Crippen LogP contribution in [0.15, 0.2) is 60.7 Å². The maximum atomic E-state index is 12.8. The van der Waals surface area contributed by atoms with Crippen LogP contribution >= 0.6 is 11.6 Å². The molecule has 3 aromatic carbocycles. The number of para-hydroxylation sites is 1. The third kappa shape index (κ3) is 4.89. The Morgan fingerprint density at radius 1 is 0.914 bits per heavy atom. The highest BCUT2D eigenvalue weighted by atomic mass is 35.5. The van der Waals surface area contributed by atoms with Gasteiger partial charge in [0.05, 0.1) is 0 Å². The average Bonchev–Trinajstić information content (AvgIpc) is 3.17. The van der Waals surface area contributed by atoms with Crippen LogP contribution in [0.4, 0.5) is 5.69 Å². The molecule has 1 aliphatic rings. The fraction of sp³-hybridized carbons (Fsp3) is 0.345. The molecule has 0 aliphatic carbocycles. The summed E-state index contributed by atoms with van der Waals surface area (Å²) in [6.45, 7) is 8.03. The molecule has 4 aromatic rings. The van der Waals surface area contributed by atoms with E-state index in [0.29, 0.717) is 6.54 Å². The molecule has 5 nitrogen and oxygen atoms in total. The van der Waals surface area contributed by atoms with Crippen molar-refractivity contribution in [1.29, 1.82) is 0 Å². The Balaban J connectivity index is 1.07. The van der Waals surface area contributed by atoms with E-state index in [1.54, 1.807) is 0 Å². The molecule has 1 aliphatic heterocycles. The highest BCUT2D eigenvalue weighted by Crippen LogP contribution is 2.29. The summed E-state index contributed by atoms with van der Waals surface area (Å²) in [5.74, 6) is 0.00246. The summed E-state index contributed by atoms with van der Waals surface area (Å²) in [7, 11) is 2.06. The number of unbranched alkanes of at least 4 members (excludes halogenated alkanes) is 1. The van der Waals surface area contributed by atoms with Crippen molar-refractivity contribution >= 4 is 45.0 Å². The van der Waals surface area contributed by atoms with Gasteiger partial charge in [-0.1, -0.05) is 41.9 Å². The third-order valence-corrected chi connectivity index (χ3v) is 7.73. The van der Waals surface area contributed by atoms with Crippen LogP contribution < -0.4 is 10.2 Å². The molecule has 1 fully saturated rings. The van der Waals surface area contributed by atoms with Crippen LogP contribution in [-0.4, -0.2) is 54.6 Å². The van der Waals surface area contributed by atoms with Crippen molar-refractivity contribution in [3.8, 4) is 0 Å². The number of piperazine rings is 1. The highest BCUT2D eigenvalue weighted by molar-refractivity contribution is 6.31. The van der Waals surface area contributed by atoms with Crippen LogP contribution in [-0.2, 0) is 7.05 Å². The molecule has 0 radical (unpaired) electrons. The fourth-order valence-corrected chi connectivity index (χ4v) is 5.39. The van der Waals surface area contributed by atoms with Gasteiger partial charge in [-0.3, -0.25) is 9.69 Å². The summed E-state index contributed by atoms with van der Waals surface area (Å²) in [4.78, 5) is 17.7. The molecule has 2 heterocycles. The lowest BCUT2D eigenvalue weighted by Gasteiger charge is -2.37. The molecule has 0 unspecified atom stereocenters. The number of fused-ring (bicyclic) bond motifs is 3. The van der Waals surface area contributed by atoms with Gasteiger partial charge in [-0.15, -0.1) is 0 Å². The summed E-state index contributed by atoms with van der Waals surface area (Å²) in [5.41, 5.74) is 5.41. The molecule has 1 amide bonds. The molecule has 1 saturated heterocycles. The number of hydrogen-bond acceptors (Lipinski definition) is 3. The van der Waals surface area contributed by atoms with E-state index in [-0.39, 0.29) is 5.91 Å². The van der Waals surface area contributed by atoms with E-state index >= 15 is 0 Å². The SMILES string of the molecule is Cc1c(Cl)cccc1N1CCN(CCCCNC(=O)c2ccc3c4ccccc4n(C)c3c2)CC1. The second kappa shape index (κ2) is 10.3. The zero-order valence-electron chi connectivity index (χ0n) is 20.6. The first-order valence-corrected chi connectivity index (χ1v) is 12.9. The summed E-state index contributed by atoms with van der Waals surface area (Å²) in [6.07, 6.45) is 2.06. The minimum atomic E-state index is 0.00246. The quantitative estimate of drug-likeness (QED) is 0.343. The van der Waals surface area contributed by atoms with E-state index in [0.717, 1.165) is 67.2 Å². The van der Waals surface area contributed by atoms with E-state index in [1.807, 2.05) is 24.3 Å². The highest BCUT2D eigenvalue weighted by Gasteiger charge is 2.19. The smallest absolute Gasteiger partial charge is 0.251 e. The number of aryl methyl sites for hydroxylation is 1. The Kier molecular flexibility index (Phi) is 6.98. The van der Waals surface area contributed by atoms with Crippen molar-refractivity contribution in [2.24, 2.45) is 7.05 Å². The van der Waals surface area contributed by atoms with Crippen LogP contribution in [0.3, 0.4) is 0 Å². The molecule has 0 spiro atoms. The van der Waals surface area contributed by atoms with Crippen molar-refractivity contribution in [3.63, 3.8) is 0 Å². The van der Waals surface area contributed by atoms with Gasteiger partial charge in [-0.05, 0) is 62.2 Å². The van der Waals surface area contributed by atoms with Crippen molar-refractivity contribution in [2.75, 3.05) is 44.2 Å². The zero-order chi connectivity index (χ0) is 24.4. The predicted molar refractivity (Wildman–Crippen MR) is 147 cm³/mol. The molecule has 1 N–H and O–H groups in total. The zero-order valence-corrected chi connectivity index (χ0v) is 21.3. The van der Waals surface area contributed by atoms with Crippen molar-refractivity contribution in [3.05, 3.63) is 76.8 Å². The topological polar surface area (TPSA) is 40.5 Å². The van der Waals surface area contributed by atoms with Gasteiger partial charge in [0.25, 0.3) is 5.91 Å². The first-order valence-electron chi connectivity index (χ1n) is 12.5. The summed E-state index contributed by atoms with van der Waals surface area (Å²) >= 11 is 6.30. The number of benzene rings is 3. The average molecular weight is 489 g/mol. The first-order chi connectivity index (χ1) is 17.0. The number of halogens is 1. The van der Waals surface area contributed by atoms with Crippen molar-refractivity contribution in [2.45, 2.75) is 19.8 Å². The van der Waals surface area contributed by atoms with E-state index in [2.05, 4.69) is 70.1 Å². The normalized spacial score (nSPS) is 14.7. The number of aromatic nitrogens is 1. The number of anilines is 1. The molecule has 0 atom stereocenters. The van der Waals surface area contributed by atoms with Gasteiger partial charge in [0, 0.05) is 77.9 Å². The molecule has 1 aromatic heterocycles. The Morgan fingerprint density at radius 2 is 1.69 bits per heavy atom. The molecule has 5 rings (SSSR count). The van der Waals surface area contributed by atoms with Crippen LogP contribution in [0.5, 0.6) is 0 Å². The second-order valence-electron chi connectivity index (χ2n) is 9.48. The van der Waals surface area contributed by atoms with E-state index in [4.69, 9.17) is 11.6 Å². The van der Waals surface area contributed by atoms with Crippen molar-refractivity contribution in [1.82, 2.24) is 14.8 Å². The number of carbonyl (C=O) groups is 1.